The molecule has 0 atom stereocenters. The average Bonchev–Trinajstić information content (AvgIpc) is 2.97. The number of nitrogens with two attached hydrogens (primary N) is 1. The van der Waals surface area contributed by atoms with Crippen LogP contribution in [0.5, 0.6) is 0 Å². The Morgan fingerprint density at radius 2 is 2.19 bits per heavy atom. The molecule has 0 saturated heterocycles. The first kappa shape index (κ1) is 15.2. The maximum Gasteiger partial charge on any atom is 0.300 e. The third-order valence-corrected chi connectivity index (χ3v) is 3.70. The van der Waals surface area contributed by atoms with Gasteiger partial charge in [0.25, 0.3) is 11.6 Å². The SMILES string of the molecule is Nc1cc(C(=O)N(CCO)C2CCCC2)c([N+](=O)[O-])cn1. The number of aliphatic hydroxyl groups excluding tert-OH is 1. The van der Waals surface area contributed by atoms with Gasteiger partial charge in [-0.3, -0.25) is 14.9 Å². The van der Waals surface area contributed by atoms with Crippen LogP contribution in [-0.4, -0.2) is 45.0 Å². The van der Waals surface area contributed by atoms with E-state index in [1.165, 1.54) is 11.0 Å². The number of rotatable bonds is 5. The van der Waals surface area contributed by atoms with Crippen LogP contribution in [-0.2, 0) is 0 Å². The number of carbonyl (C=O) groups is 1. The number of nitro groups is 1. The molecule has 2 rings (SSSR count). The fourth-order valence-corrected chi connectivity index (χ4v) is 2.71. The van der Waals surface area contributed by atoms with Gasteiger partial charge in [0.05, 0.1) is 11.5 Å². The van der Waals surface area contributed by atoms with Gasteiger partial charge in [-0.05, 0) is 18.9 Å². The second-order valence-electron chi connectivity index (χ2n) is 5.04. The van der Waals surface area contributed by atoms with Gasteiger partial charge in [0.15, 0.2) is 0 Å². The molecule has 1 saturated carbocycles. The van der Waals surface area contributed by atoms with E-state index >= 15 is 0 Å². The summed E-state index contributed by atoms with van der Waals surface area (Å²) in [6, 6.07) is 1.23. The summed E-state index contributed by atoms with van der Waals surface area (Å²) in [5.74, 6) is -0.420. The summed E-state index contributed by atoms with van der Waals surface area (Å²) < 4.78 is 0. The van der Waals surface area contributed by atoms with E-state index in [0.29, 0.717) is 0 Å². The Morgan fingerprint density at radius 3 is 2.76 bits per heavy atom. The van der Waals surface area contributed by atoms with Crippen molar-refractivity contribution in [2.45, 2.75) is 31.7 Å². The van der Waals surface area contributed by atoms with Crippen molar-refractivity contribution in [3.63, 3.8) is 0 Å². The van der Waals surface area contributed by atoms with Gasteiger partial charge in [-0.25, -0.2) is 4.98 Å². The number of nitrogens with zero attached hydrogens (tertiary/aromatic N) is 3. The smallest absolute Gasteiger partial charge is 0.300 e. The molecule has 0 bridgehead atoms. The lowest BCUT2D eigenvalue weighted by molar-refractivity contribution is -0.385. The third kappa shape index (κ3) is 3.27. The first-order chi connectivity index (χ1) is 10.0. The number of anilines is 1. The van der Waals surface area contributed by atoms with Gasteiger partial charge in [0.1, 0.15) is 17.6 Å². The van der Waals surface area contributed by atoms with Gasteiger partial charge < -0.3 is 15.7 Å². The Bertz CT molecular complexity index is 543. The summed E-state index contributed by atoms with van der Waals surface area (Å²) >= 11 is 0. The first-order valence-corrected chi connectivity index (χ1v) is 6.86. The Labute approximate surface area is 121 Å². The lowest BCUT2D eigenvalue weighted by atomic mass is 10.1. The van der Waals surface area contributed by atoms with Crippen molar-refractivity contribution >= 4 is 17.4 Å². The Kier molecular flexibility index (Phi) is 4.69. The molecular formula is C13H18N4O4. The maximum atomic E-state index is 12.6. The zero-order chi connectivity index (χ0) is 15.4. The van der Waals surface area contributed by atoms with Crippen LogP contribution in [0.1, 0.15) is 36.0 Å². The van der Waals surface area contributed by atoms with E-state index in [0.717, 1.165) is 31.9 Å². The molecule has 1 heterocycles. The predicted molar refractivity (Wildman–Crippen MR) is 75.7 cm³/mol. The lowest BCUT2D eigenvalue weighted by Crippen LogP contribution is -2.41. The fourth-order valence-electron chi connectivity index (χ4n) is 2.71. The molecule has 8 heteroatoms. The Morgan fingerprint density at radius 1 is 1.52 bits per heavy atom. The molecule has 114 valence electrons. The molecular weight excluding hydrogens is 276 g/mol. The van der Waals surface area contributed by atoms with E-state index in [1.54, 1.807) is 0 Å². The topological polar surface area (TPSA) is 123 Å². The monoisotopic (exact) mass is 294 g/mol. The molecule has 0 aliphatic heterocycles. The molecule has 1 aliphatic rings. The number of aromatic nitrogens is 1. The highest BCUT2D eigenvalue weighted by Crippen LogP contribution is 2.27. The highest BCUT2D eigenvalue weighted by molar-refractivity contribution is 5.98. The normalized spacial score (nSPS) is 15.1. The molecule has 21 heavy (non-hydrogen) atoms. The summed E-state index contributed by atoms with van der Waals surface area (Å²) in [4.78, 5) is 28.2. The number of pyridine rings is 1. The molecule has 1 amide bonds. The Hall–Kier alpha value is -2.22. The van der Waals surface area contributed by atoms with Gasteiger partial charge in [-0.15, -0.1) is 0 Å². The summed E-state index contributed by atoms with van der Waals surface area (Å²) in [6.45, 7) is -0.0283. The first-order valence-electron chi connectivity index (χ1n) is 6.86. The van der Waals surface area contributed by atoms with Crippen molar-refractivity contribution in [2.75, 3.05) is 18.9 Å². The van der Waals surface area contributed by atoms with Crippen LogP contribution in [0.2, 0.25) is 0 Å². The molecule has 0 radical (unpaired) electrons. The summed E-state index contributed by atoms with van der Waals surface area (Å²) in [5.41, 5.74) is 5.10. The van der Waals surface area contributed by atoms with Gasteiger partial charge in [0.2, 0.25) is 0 Å². The summed E-state index contributed by atoms with van der Waals surface area (Å²) in [7, 11) is 0. The third-order valence-electron chi connectivity index (χ3n) is 3.70. The van der Waals surface area contributed by atoms with E-state index in [-0.39, 0.29) is 36.3 Å². The highest BCUT2D eigenvalue weighted by atomic mass is 16.6. The van der Waals surface area contributed by atoms with Crippen LogP contribution in [0.4, 0.5) is 11.5 Å². The minimum Gasteiger partial charge on any atom is -0.395 e. The lowest BCUT2D eigenvalue weighted by Gasteiger charge is -2.28. The minimum atomic E-state index is -0.647. The number of nitrogen functional groups attached to an aromatic ring is 1. The zero-order valence-electron chi connectivity index (χ0n) is 11.6. The largest absolute Gasteiger partial charge is 0.395 e. The quantitative estimate of drug-likeness (QED) is 0.615. The molecule has 8 nitrogen and oxygen atoms in total. The van der Waals surface area contributed by atoms with Crippen LogP contribution in [0.3, 0.4) is 0 Å². The Balaban J connectivity index is 2.35. The van der Waals surface area contributed by atoms with Crippen molar-refractivity contribution < 1.29 is 14.8 Å². The summed E-state index contributed by atoms with van der Waals surface area (Å²) in [6.07, 6.45) is 4.72. The minimum absolute atomic E-state index is 0.0126. The number of hydrogen-bond acceptors (Lipinski definition) is 6. The zero-order valence-corrected chi connectivity index (χ0v) is 11.6. The molecule has 0 spiro atoms. The van der Waals surface area contributed by atoms with E-state index in [9.17, 15) is 14.9 Å². The van der Waals surface area contributed by atoms with Gasteiger partial charge in [-0.1, -0.05) is 12.8 Å². The van der Waals surface area contributed by atoms with Gasteiger partial charge in [0, 0.05) is 12.6 Å². The standard InChI is InChI=1S/C13H18N4O4/c14-12-7-10(11(8-15-12)17(20)21)13(19)16(5-6-18)9-3-1-2-4-9/h7-9,18H,1-6H2,(H2,14,15). The van der Waals surface area contributed by atoms with Crippen molar-refractivity contribution in [3.05, 3.63) is 27.9 Å². The van der Waals surface area contributed by atoms with Crippen molar-refractivity contribution in [2.24, 2.45) is 0 Å². The van der Waals surface area contributed by atoms with E-state index in [4.69, 9.17) is 10.8 Å². The van der Waals surface area contributed by atoms with Crippen LogP contribution in [0.25, 0.3) is 0 Å². The molecule has 1 aliphatic carbocycles. The number of amides is 1. The molecule has 1 fully saturated rings. The van der Waals surface area contributed by atoms with Gasteiger partial charge in [-0.2, -0.15) is 0 Å². The molecule has 0 unspecified atom stereocenters. The number of aliphatic hydroxyl groups is 1. The van der Waals surface area contributed by atoms with Crippen molar-refractivity contribution in [1.82, 2.24) is 9.88 Å². The molecule has 3 N–H and O–H groups in total. The van der Waals surface area contributed by atoms with Gasteiger partial charge >= 0.3 is 0 Å². The van der Waals surface area contributed by atoms with Crippen LogP contribution in [0, 0.1) is 10.1 Å². The highest BCUT2D eigenvalue weighted by Gasteiger charge is 2.31. The van der Waals surface area contributed by atoms with E-state index < -0.39 is 10.8 Å². The van der Waals surface area contributed by atoms with Crippen molar-refractivity contribution in [1.29, 1.82) is 0 Å². The summed E-state index contributed by atoms with van der Waals surface area (Å²) in [5, 5.41) is 20.2. The maximum absolute atomic E-state index is 12.6. The average molecular weight is 294 g/mol. The second-order valence-corrected chi connectivity index (χ2v) is 5.04. The predicted octanol–water partition coefficient (Wildman–Crippen LogP) is 0.949. The molecule has 0 aromatic carbocycles. The number of carbonyl (C=O) groups excluding carboxylic acids is 1. The van der Waals surface area contributed by atoms with Crippen LogP contribution in [0.15, 0.2) is 12.3 Å². The fraction of sp³-hybridized carbons (Fsp3) is 0.538. The number of hydrogen-bond donors (Lipinski definition) is 2. The van der Waals surface area contributed by atoms with E-state index in [2.05, 4.69) is 4.98 Å². The van der Waals surface area contributed by atoms with Crippen molar-refractivity contribution in [3.8, 4) is 0 Å². The van der Waals surface area contributed by atoms with Crippen LogP contribution < -0.4 is 5.73 Å². The van der Waals surface area contributed by atoms with Crippen LogP contribution >= 0.6 is 0 Å². The second kappa shape index (κ2) is 6.49. The van der Waals surface area contributed by atoms with E-state index in [1.807, 2.05) is 0 Å². The molecule has 1 aromatic rings. The molecule has 1 aromatic heterocycles.